The predicted octanol–water partition coefficient (Wildman–Crippen LogP) is 1.78. The molecule has 19 heavy (non-hydrogen) atoms. The van der Waals surface area contributed by atoms with Crippen LogP contribution in [0.3, 0.4) is 0 Å². The Bertz CT molecular complexity index is 293. The summed E-state index contributed by atoms with van der Waals surface area (Å²) >= 11 is 0. The summed E-state index contributed by atoms with van der Waals surface area (Å²) in [4.78, 5) is 14.7. The second kappa shape index (κ2) is 6.71. The second-order valence-electron chi connectivity index (χ2n) is 6.11. The first-order chi connectivity index (χ1) is 9.13. The number of ether oxygens (including phenoxy) is 1. The van der Waals surface area contributed by atoms with E-state index in [1.807, 2.05) is 11.8 Å². The zero-order chi connectivity index (χ0) is 13.8. The molecule has 0 bridgehead atoms. The van der Waals surface area contributed by atoms with Crippen molar-refractivity contribution in [3.8, 4) is 0 Å². The Morgan fingerprint density at radius 3 is 2.68 bits per heavy atom. The Hall–Kier alpha value is -0.610. The van der Waals surface area contributed by atoms with Gasteiger partial charge in [-0.1, -0.05) is 13.3 Å². The van der Waals surface area contributed by atoms with E-state index in [0.29, 0.717) is 5.92 Å². The molecule has 1 amide bonds. The minimum Gasteiger partial charge on any atom is -0.376 e. The van der Waals surface area contributed by atoms with Crippen molar-refractivity contribution in [1.29, 1.82) is 0 Å². The summed E-state index contributed by atoms with van der Waals surface area (Å²) in [6, 6.07) is 0.0368. The highest BCUT2D eigenvalue weighted by Gasteiger charge is 2.36. The molecule has 4 atom stereocenters. The van der Waals surface area contributed by atoms with Crippen molar-refractivity contribution in [2.45, 2.75) is 58.1 Å². The normalized spacial score (nSPS) is 35.3. The van der Waals surface area contributed by atoms with Gasteiger partial charge in [0, 0.05) is 25.7 Å². The van der Waals surface area contributed by atoms with Crippen molar-refractivity contribution < 1.29 is 9.53 Å². The van der Waals surface area contributed by atoms with Gasteiger partial charge in [-0.3, -0.25) is 4.79 Å². The average Bonchev–Trinajstić information content (AvgIpc) is 2.88. The molecule has 110 valence electrons. The summed E-state index contributed by atoms with van der Waals surface area (Å²) in [7, 11) is 0. The van der Waals surface area contributed by atoms with Gasteiger partial charge >= 0.3 is 0 Å². The Balaban J connectivity index is 1.97. The van der Waals surface area contributed by atoms with Gasteiger partial charge in [-0.05, 0) is 38.5 Å². The summed E-state index contributed by atoms with van der Waals surface area (Å²) < 4.78 is 5.65. The molecule has 0 aromatic carbocycles. The molecule has 2 rings (SSSR count). The molecule has 1 saturated carbocycles. The lowest BCUT2D eigenvalue weighted by molar-refractivity contribution is -0.140. The van der Waals surface area contributed by atoms with Gasteiger partial charge in [0.1, 0.15) is 0 Å². The fourth-order valence-electron chi connectivity index (χ4n) is 3.50. The molecule has 4 nitrogen and oxygen atoms in total. The number of carbonyl (C=O) groups excluding carboxylic acids is 1. The first-order valence-electron chi connectivity index (χ1n) is 7.79. The van der Waals surface area contributed by atoms with Crippen LogP contribution >= 0.6 is 0 Å². The van der Waals surface area contributed by atoms with E-state index >= 15 is 0 Å². The third-order valence-corrected chi connectivity index (χ3v) is 4.70. The highest BCUT2D eigenvalue weighted by atomic mass is 16.5. The third kappa shape index (κ3) is 3.48. The molecular weight excluding hydrogens is 240 g/mol. The molecule has 0 aromatic rings. The number of nitrogens with zero attached hydrogens (tertiary/aromatic N) is 1. The fourth-order valence-corrected chi connectivity index (χ4v) is 3.50. The maximum atomic E-state index is 12.7. The first-order valence-corrected chi connectivity index (χ1v) is 7.79. The molecule has 2 fully saturated rings. The van der Waals surface area contributed by atoms with Gasteiger partial charge in [0.05, 0.1) is 12.0 Å². The van der Waals surface area contributed by atoms with Gasteiger partial charge in [-0.25, -0.2) is 0 Å². The Morgan fingerprint density at radius 2 is 2.11 bits per heavy atom. The second-order valence-corrected chi connectivity index (χ2v) is 6.11. The summed E-state index contributed by atoms with van der Waals surface area (Å²) in [5.74, 6) is 0.669. The van der Waals surface area contributed by atoms with Gasteiger partial charge in [-0.2, -0.15) is 0 Å². The van der Waals surface area contributed by atoms with Crippen LogP contribution in [0.1, 0.15) is 46.0 Å². The molecule has 0 aromatic heterocycles. The maximum absolute atomic E-state index is 12.7. The maximum Gasteiger partial charge on any atom is 0.227 e. The van der Waals surface area contributed by atoms with Crippen LogP contribution in [0.4, 0.5) is 0 Å². The third-order valence-electron chi connectivity index (χ3n) is 4.70. The van der Waals surface area contributed by atoms with E-state index in [0.717, 1.165) is 51.8 Å². The fraction of sp³-hybridized carbons (Fsp3) is 0.933. The Morgan fingerprint density at radius 1 is 1.32 bits per heavy atom. The highest BCUT2D eigenvalue weighted by molar-refractivity contribution is 5.80. The number of hydrogen-bond acceptors (Lipinski definition) is 3. The monoisotopic (exact) mass is 268 g/mol. The molecule has 2 N–H and O–H groups in total. The van der Waals surface area contributed by atoms with E-state index in [1.54, 1.807) is 0 Å². The van der Waals surface area contributed by atoms with Gasteiger partial charge in [0.15, 0.2) is 0 Å². The van der Waals surface area contributed by atoms with Crippen molar-refractivity contribution in [3.05, 3.63) is 0 Å². The molecule has 4 heteroatoms. The number of likely N-dealkylation sites (N-methyl/N-ethyl adjacent to an activating group) is 1. The molecule has 1 saturated heterocycles. The van der Waals surface area contributed by atoms with Crippen LogP contribution in [0, 0.1) is 11.8 Å². The molecule has 0 radical (unpaired) electrons. The average molecular weight is 268 g/mol. The SMILES string of the molecule is CCN(CC1CCCO1)C(=O)C1C(C)CCCC1N. The summed E-state index contributed by atoms with van der Waals surface area (Å²) in [6.07, 6.45) is 5.70. The van der Waals surface area contributed by atoms with Gasteiger partial charge in [0.2, 0.25) is 5.91 Å². The molecule has 4 unspecified atom stereocenters. The van der Waals surface area contributed by atoms with Gasteiger partial charge in [-0.15, -0.1) is 0 Å². The molecule has 1 aliphatic carbocycles. The standard InChI is InChI=1S/C15H28N2O2/c1-3-17(10-12-7-5-9-19-12)15(18)14-11(2)6-4-8-13(14)16/h11-14H,3-10,16H2,1-2H3. The van der Waals surface area contributed by atoms with Crippen molar-refractivity contribution >= 4 is 5.91 Å². The molecule has 1 aliphatic heterocycles. The highest BCUT2D eigenvalue weighted by Crippen LogP contribution is 2.30. The van der Waals surface area contributed by atoms with Crippen LogP contribution in [0.15, 0.2) is 0 Å². The summed E-state index contributed by atoms with van der Waals surface area (Å²) in [6.45, 7) is 6.56. The molecule has 0 spiro atoms. The van der Waals surface area contributed by atoms with Crippen LogP contribution < -0.4 is 5.73 Å². The van der Waals surface area contributed by atoms with Crippen molar-refractivity contribution in [2.75, 3.05) is 19.7 Å². The lowest BCUT2D eigenvalue weighted by Crippen LogP contribution is -2.50. The lowest BCUT2D eigenvalue weighted by Gasteiger charge is -2.37. The van der Waals surface area contributed by atoms with Gasteiger partial charge in [0.25, 0.3) is 0 Å². The van der Waals surface area contributed by atoms with E-state index in [-0.39, 0.29) is 24.0 Å². The molecule has 1 heterocycles. The topological polar surface area (TPSA) is 55.6 Å². The number of rotatable bonds is 4. The first kappa shape index (κ1) is 14.8. The number of amides is 1. The van der Waals surface area contributed by atoms with Crippen molar-refractivity contribution in [1.82, 2.24) is 4.90 Å². The quantitative estimate of drug-likeness (QED) is 0.845. The van der Waals surface area contributed by atoms with E-state index < -0.39 is 0 Å². The largest absolute Gasteiger partial charge is 0.376 e. The minimum absolute atomic E-state index is 0.00935. The molecule has 2 aliphatic rings. The van der Waals surface area contributed by atoms with E-state index in [2.05, 4.69) is 6.92 Å². The van der Waals surface area contributed by atoms with Gasteiger partial charge < -0.3 is 15.4 Å². The summed E-state index contributed by atoms with van der Waals surface area (Å²) in [5.41, 5.74) is 6.19. The lowest BCUT2D eigenvalue weighted by atomic mass is 9.76. The van der Waals surface area contributed by atoms with Crippen molar-refractivity contribution in [3.63, 3.8) is 0 Å². The zero-order valence-electron chi connectivity index (χ0n) is 12.3. The number of hydrogen-bond donors (Lipinski definition) is 1. The zero-order valence-corrected chi connectivity index (χ0v) is 12.3. The van der Waals surface area contributed by atoms with Crippen LogP contribution in [0.2, 0.25) is 0 Å². The van der Waals surface area contributed by atoms with Crippen molar-refractivity contribution in [2.24, 2.45) is 17.6 Å². The minimum atomic E-state index is 0.00935. The smallest absolute Gasteiger partial charge is 0.227 e. The number of carbonyl (C=O) groups is 1. The van der Waals surface area contributed by atoms with Crippen LogP contribution in [0.25, 0.3) is 0 Å². The molecular formula is C15H28N2O2. The van der Waals surface area contributed by atoms with E-state index in [1.165, 1.54) is 0 Å². The Kier molecular flexibility index (Phi) is 5.22. The van der Waals surface area contributed by atoms with Crippen LogP contribution in [-0.2, 0) is 9.53 Å². The Labute approximate surface area is 116 Å². The summed E-state index contributed by atoms with van der Waals surface area (Å²) in [5, 5.41) is 0. The van der Waals surface area contributed by atoms with E-state index in [4.69, 9.17) is 10.5 Å². The number of nitrogens with two attached hydrogens (primary N) is 1. The van der Waals surface area contributed by atoms with Crippen LogP contribution in [-0.4, -0.2) is 42.6 Å². The van der Waals surface area contributed by atoms with E-state index in [9.17, 15) is 4.79 Å². The predicted molar refractivity (Wildman–Crippen MR) is 75.7 cm³/mol. The van der Waals surface area contributed by atoms with Crippen LogP contribution in [0.5, 0.6) is 0 Å².